The zero-order chi connectivity index (χ0) is 17.5. The first-order valence-electron chi connectivity index (χ1n) is 7.77. The van der Waals surface area contributed by atoms with Gasteiger partial charge in [0, 0.05) is 18.7 Å². The van der Waals surface area contributed by atoms with Crippen LogP contribution in [0.15, 0.2) is 18.2 Å². The number of hydrogen-bond acceptors (Lipinski definition) is 5. The van der Waals surface area contributed by atoms with Gasteiger partial charge in [-0.1, -0.05) is 0 Å². The highest BCUT2D eigenvalue weighted by atomic mass is 16.6. The maximum Gasteiger partial charge on any atom is 0.412 e. The Bertz CT molecular complexity index is 512. The molecular formula is C17H28N2O4. The van der Waals surface area contributed by atoms with E-state index >= 15 is 0 Å². The molecule has 1 rings (SSSR count). The van der Waals surface area contributed by atoms with Gasteiger partial charge in [-0.2, -0.15) is 0 Å². The van der Waals surface area contributed by atoms with Crippen LogP contribution in [0.2, 0.25) is 0 Å². The first kappa shape index (κ1) is 19.1. The summed E-state index contributed by atoms with van der Waals surface area (Å²) in [6.07, 6.45) is -0.497. The van der Waals surface area contributed by atoms with Crippen molar-refractivity contribution in [3.8, 4) is 5.75 Å². The summed E-state index contributed by atoms with van der Waals surface area (Å²) >= 11 is 0. The SMILES string of the molecule is CCOCC(C)Nc1cc(OC)ccc1NC(=O)OC(C)(C)C. The van der Waals surface area contributed by atoms with Crippen molar-refractivity contribution in [3.63, 3.8) is 0 Å². The van der Waals surface area contributed by atoms with Crippen LogP contribution in [0.4, 0.5) is 16.2 Å². The smallest absolute Gasteiger partial charge is 0.412 e. The highest BCUT2D eigenvalue weighted by molar-refractivity contribution is 5.90. The van der Waals surface area contributed by atoms with Crippen LogP contribution in [0, 0.1) is 0 Å². The van der Waals surface area contributed by atoms with Crippen molar-refractivity contribution in [3.05, 3.63) is 18.2 Å². The molecular weight excluding hydrogens is 296 g/mol. The number of hydrogen-bond donors (Lipinski definition) is 2. The molecule has 0 radical (unpaired) electrons. The van der Waals surface area contributed by atoms with Crippen molar-refractivity contribution in [2.24, 2.45) is 0 Å². The van der Waals surface area contributed by atoms with Gasteiger partial charge in [0.1, 0.15) is 11.4 Å². The first-order chi connectivity index (χ1) is 10.7. The Kier molecular flexibility index (Phi) is 7.16. The van der Waals surface area contributed by atoms with E-state index in [0.29, 0.717) is 24.7 Å². The number of carbonyl (C=O) groups is 1. The second kappa shape index (κ2) is 8.62. The van der Waals surface area contributed by atoms with Crippen molar-refractivity contribution >= 4 is 17.5 Å². The summed E-state index contributed by atoms with van der Waals surface area (Å²) in [4.78, 5) is 12.0. The van der Waals surface area contributed by atoms with Crippen molar-refractivity contribution in [1.29, 1.82) is 0 Å². The minimum Gasteiger partial charge on any atom is -0.497 e. The van der Waals surface area contributed by atoms with Gasteiger partial charge in [-0.05, 0) is 46.8 Å². The highest BCUT2D eigenvalue weighted by Crippen LogP contribution is 2.28. The monoisotopic (exact) mass is 324 g/mol. The van der Waals surface area contributed by atoms with E-state index in [1.54, 1.807) is 19.2 Å². The van der Waals surface area contributed by atoms with Crippen LogP contribution in [0.5, 0.6) is 5.75 Å². The maximum absolute atomic E-state index is 12.0. The fourth-order valence-electron chi connectivity index (χ4n) is 1.89. The van der Waals surface area contributed by atoms with Gasteiger partial charge >= 0.3 is 6.09 Å². The third-order valence-electron chi connectivity index (χ3n) is 2.84. The van der Waals surface area contributed by atoms with Gasteiger partial charge in [-0.25, -0.2) is 4.79 Å². The lowest BCUT2D eigenvalue weighted by molar-refractivity contribution is 0.0636. The van der Waals surface area contributed by atoms with Crippen LogP contribution in [0.3, 0.4) is 0 Å². The summed E-state index contributed by atoms with van der Waals surface area (Å²) in [7, 11) is 1.60. The second-order valence-corrected chi connectivity index (χ2v) is 6.24. The Morgan fingerprint density at radius 1 is 1.26 bits per heavy atom. The number of ether oxygens (including phenoxy) is 3. The fraction of sp³-hybridized carbons (Fsp3) is 0.588. The average Bonchev–Trinajstić information content (AvgIpc) is 2.45. The molecule has 0 heterocycles. The van der Waals surface area contributed by atoms with Gasteiger partial charge in [0.05, 0.1) is 25.1 Å². The van der Waals surface area contributed by atoms with Gasteiger partial charge < -0.3 is 19.5 Å². The molecule has 1 atom stereocenters. The summed E-state index contributed by atoms with van der Waals surface area (Å²) in [6.45, 7) is 10.7. The molecule has 0 bridgehead atoms. The Hall–Kier alpha value is -1.95. The molecule has 0 aromatic heterocycles. The average molecular weight is 324 g/mol. The van der Waals surface area contributed by atoms with E-state index in [0.717, 1.165) is 5.69 Å². The lowest BCUT2D eigenvalue weighted by atomic mass is 10.2. The van der Waals surface area contributed by atoms with E-state index in [4.69, 9.17) is 14.2 Å². The lowest BCUT2D eigenvalue weighted by Crippen LogP contribution is -2.28. The Morgan fingerprint density at radius 3 is 2.52 bits per heavy atom. The predicted octanol–water partition coefficient (Wildman–Crippen LogP) is 3.88. The van der Waals surface area contributed by atoms with Crippen LogP contribution in [0.25, 0.3) is 0 Å². The van der Waals surface area contributed by atoms with E-state index in [1.165, 1.54) is 0 Å². The van der Waals surface area contributed by atoms with E-state index in [2.05, 4.69) is 10.6 Å². The van der Waals surface area contributed by atoms with Crippen molar-refractivity contribution in [1.82, 2.24) is 0 Å². The molecule has 0 aliphatic rings. The standard InChI is InChI=1S/C17H28N2O4/c1-7-22-11-12(2)18-15-10-13(21-6)8-9-14(15)19-16(20)23-17(3,4)5/h8-10,12,18H,7,11H2,1-6H3,(H,19,20). The van der Waals surface area contributed by atoms with Crippen LogP contribution >= 0.6 is 0 Å². The lowest BCUT2D eigenvalue weighted by Gasteiger charge is -2.22. The van der Waals surface area contributed by atoms with Crippen LogP contribution in [-0.4, -0.2) is 38.1 Å². The molecule has 0 saturated carbocycles. The second-order valence-electron chi connectivity index (χ2n) is 6.24. The van der Waals surface area contributed by atoms with E-state index in [-0.39, 0.29) is 6.04 Å². The van der Waals surface area contributed by atoms with Crippen molar-refractivity contribution in [2.45, 2.75) is 46.3 Å². The summed E-state index contributed by atoms with van der Waals surface area (Å²) in [5, 5.41) is 6.07. The fourth-order valence-corrected chi connectivity index (χ4v) is 1.89. The van der Waals surface area contributed by atoms with Gasteiger partial charge in [0.25, 0.3) is 0 Å². The van der Waals surface area contributed by atoms with Crippen molar-refractivity contribution in [2.75, 3.05) is 31.0 Å². The quantitative estimate of drug-likeness (QED) is 0.796. The molecule has 1 aromatic carbocycles. The number of methoxy groups -OCH3 is 1. The molecule has 1 amide bonds. The summed E-state index contributed by atoms with van der Waals surface area (Å²) in [6, 6.07) is 5.47. The molecule has 2 N–H and O–H groups in total. The van der Waals surface area contributed by atoms with Crippen LogP contribution in [0.1, 0.15) is 34.6 Å². The molecule has 0 saturated heterocycles. The normalized spacial score (nSPS) is 12.4. The molecule has 6 nitrogen and oxygen atoms in total. The molecule has 130 valence electrons. The Labute approximate surface area is 138 Å². The number of amides is 1. The largest absolute Gasteiger partial charge is 0.497 e. The first-order valence-corrected chi connectivity index (χ1v) is 7.77. The number of carbonyl (C=O) groups excluding carboxylic acids is 1. The van der Waals surface area contributed by atoms with E-state index in [9.17, 15) is 4.79 Å². The third kappa shape index (κ3) is 7.23. The van der Waals surface area contributed by atoms with Gasteiger partial charge in [-0.15, -0.1) is 0 Å². The third-order valence-corrected chi connectivity index (χ3v) is 2.84. The molecule has 0 spiro atoms. The molecule has 0 aliphatic heterocycles. The minimum atomic E-state index is -0.549. The molecule has 1 aromatic rings. The van der Waals surface area contributed by atoms with Crippen LogP contribution < -0.4 is 15.4 Å². The topological polar surface area (TPSA) is 68.8 Å². The minimum absolute atomic E-state index is 0.0845. The molecule has 6 heteroatoms. The van der Waals surface area contributed by atoms with Gasteiger partial charge in [0.2, 0.25) is 0 Å². The number of rotatable bonds is 7. The zero-order valence-corrected chi connectivity index (χ0v) is 14.9. The Morgan fingerprint density at radius 2 is 1.96 bits per heavy atom. The zero-order valence-electron chi connectivity index (χ0n) is 14.9. The van der Waals surface area contributed by atoms with Gasteiger partial charge in [-0.3, -0.25) is 5.32 Å². The number of nitrogens with one attached hydrogen (secondary N) is 2. The van der Waals surface area contributed by atoms with Gasteiger partial charge in [0.15, 0.2) is 0 Å². The number of benzene rings is 1. The maximum atomic E-state index is 12.0. The number of anilines is 2. The van der Waals surface area contributed by atoms with Crippen molar-refractivity contribution < 1.29 is 19.0 Å². The van der Waals surface area contributed by atoms with E-state index in [1.807, 2.05) is 40.7 Å². The summed E-state index contributed by atoms with van der Waals surface area (Å²) in [5.41, 5.74) is 0.831. The Balaban J connectivity index is 2.86. The van der Waals surface area contributed by atoms with E-state index < -0.39 is 11.7 Å². The molecule has 0 aliphatic carbocycles. The summed E-state index contributed by atoms with van der Waals surface area (Å²) < 4.78 is 15.9. The molecule has 0 fully saturated rings. The predicted molar refractivity (Wildman–Crippen MR) is 92.4 cm³/mol. The highest BCUT2D eigenvalue weighted by Gasteiger charge is 2.18. The molecule has 23 heavy (non-hydrogen) atoms. The molecule has 1 unspecified atom stereocenters. The summed E-state index contributed by atoms with van der Waals surface area (Å²) in [5.74, 6) is 0.700. The van der Waals surface area contributed by atoms with Crippen LogP contribution in [-0.2, 0) is 9.47 Å².